The van der Waals surface area contributed by atoms with Crippen molar-refractivity contribution in [3.63, 3.8) is 0 Å². The van der Waals surface area contributed by atoms with E-state index < -0.39 is 11.7 Å². The maximum Gasteiger partial charge on any atom is 0.407 e. The minimum absolute atomic E-state index is 0.0357. The van der Waals surface area contributed by atoms with Crippen molar-refractivity contribution in [3.05, 3.63) is 78.4 Å². The smallest absolute Gasteiger partial charge is 0.407 e. The van der Waals surface area contributed by atoms with Crippen LogP contribution in [0.4, 0.5) is 10.6 Å². The van der Waals surface area contributed by atoms with Gasteiger partial charge in [0.15, 0.2) is 5.82 Å². The first-order chi connectivity index (χ1) is 22.7. The summed E-state index contributed by atoms with van der Waals surface area (Å²) < 4.78 is 17.8. The monoisotopic (exact) mass is 653 g/mol. The lowest BCUT2D eigenvalue weighted by atomic mass is 9.79. The Morgan fingerprint density at radius 1 is 0.917 bits per heavy atom. The topological polar surface area (TPSA) is 97.8 Å². The molecule has 0 aliphatic carbocycles. The molecular weight excluding hydrogens is 602 g/mol. The fraction of sp³-hybridized carbons (Fsp3) is 0.462. The van der Waals surface area contributed by atoms with Gasteiger partial charge in [0.2, 0.25) is 0 Å². The lowest BCUT2D eigenvalue weighted by Crippen LogP contribution is -2.62. The number of nitrogens with one attached hydrogen (secondary N) is 2. The molecule has 1 fully saturated rings. The van der Waals surface area contributed by atoms with E-state index >= 15 is 0 Å². The summed E-state index contributed by atoms with van der Waals surface area (Å²) in [5, 5.41) is 18.0. The number of aromatic nitrogens is 2. The number of nitrogens with zero attached hydrogens (tertiary/aromatic N) is 3. The fourth-order valence-electron chi connectivity index (χ4n) is 6.55. The molecule has 9 heteroatoms. The van der Waals surface area contributed by atoms with Crippen molar-refractivity contribution in [3.8, 4) is 22.8 Å². The second-order valence-corrected chi connectivity index (χ2v) is 15.1. The zero-order valence-corrected chi connectivity index (χ0v) is 29.7. The van der Waals surface area contributed by atoms with E-state index in [1.54, 1.807) is 0 Å². The summed E-state index contributed by atoms with van der Waals surface area (Å²) in [4.78, 5) is 14.2. The highest BCUT2D eigenvalue weighted by molar-refractivity contribution is 5.91. The maximum absolute atomic E-state index is 11.9. The molecule has 256 valence electrons. The van der Waals surface area contributed by atoms with Crippen LogP contribution in [0.25, 0.3) is 22.0 Å². The van der Waals surface area contributed by atoms with Crippen molar-refractivity contribution >= 4 is 22.7 Å². The Hall–Kier alpha value is -4.37. The van der Waals surface area contributed by atoms with Crippen molar-refractivity contribution in [2.45, 2.75) is 97.1 Å². The third kappa shape index (κ3) is 9.60. The van der Waals surface area contributed by atoms with Crippen LogP contribution in [0.1, 0.15) is 73.3 Å². The van der Waals surface area contributed by atoms with Crippen molar-refractivity contribution in [2.24, 2.45) is 0 Å². The van der Waals surface area contributed by atoms with Crippen molar-refractivity contribution in [1.82, 2.24) is 20.8 Å². The molecule has 0 atom stereocenters. The van der Waals surface area contributed by atoms with Gasteiger partial charge in [-0.3, -0.25) is 0 Å². The molecule has 1 aromatic heterocycles. The van der Waals surface area contributed by atoms with Crippen LogP contribution < -0.4 is 25.0 Å². The molecule has 4 aromatic rings. The van der Waals surface area contributed by atoms with E-state index in [4.69, 9.17) is 24.4 Å². The van der Waals surface area contributed by atoms with Crippen molar-refractivity contribution < 1.29 is 19.0 Å². The molecule has 0 spiro atoms. The maximum atomic E-state index is 11.9. The molecule has 1 amide bonds. The largest absolute Gasteiger partial charge is 0.494 e. The van der Waals surface area contributed by atoms with Gasteiger partial charge in [-0.2, -0.15) is 0 Å². The van der Waals surface area contributed by atoms with Gasteiger partial charge in [-0.05, 0) is 120 Å². The molecule has 0 saturated carbocycles. The Bertz CT molecular complexity index is 1670. The number of alkyl carbamates (subject to hydrolysis) is 1. The van der Waals surface area contributed by atoms with E-state index in [9.17, 15) is 4.79 Å². The van der Waals surface area contributed by atoms with Gasteiger partial charge < -0.3 is 29.7 Å². The Morgan fingerprint density at radius 3 is 2.31 bits per heavy atom. The number of hydrogen-bond donors (Lipinski definition) is 2. The lowest BCUT2D eigenvalue weighted by molar-refractivity contribution is 0.0525. The van der Waals surface area contributed by atoms with E-state index in [2.05, 4.69) is 74.5 Å². The molecule has 0 bridgehead atoms. The summed E-state index contributed by atoms with van der Waals surface area (Å²) in [6.45, 7) is 15.9. The van der Waals surface area contributed by atoms with Crippen LogP contribution in [0.5, 0.6) is 11.5 Å². The quantitative estimate of drug-likeness (QED) is 0.158. The third-order valence-electron chi connectivity index (χ3n) is 8.41. The number of piperidine rings is 1. The number of ether oxygens (including phenoxy) is 3. The summed E-state index contributed by atoms with van der Waals surface area (Å²) >= 11 is 0. The van der Waals surface area contributed by atoms with E-state index in [1.165, 1.54) is 0 Å². The number of hydrogen-bond acceptors (Lipinski definition) is 8. The first kappa shape index (κ1) is 35.0. The number of anilines is 1. The van der Waals surface area contributed by atoms with E-state index in [0.29, 0.717) is 32.2 Å². The van der Waals surface area contributed by atoms with Crippen LogP contribution in [0.2, 0.25) is 0 Å². The number of benzene rings is 3. The second kappa shape index (κ2) is 14.4. The summed E-state index contributed by atoms with van der Waals surface area (Å²) in [5.41, 5.74) is 2.26. The Kier molecular flexibility index (Phi) is 10.5. The Balaban J connectivity index is 1.33. The van der Waals surface area contributed by atoms with Crippen LogP contribution in [0.3, 0.4) is 0 Å². The molecule has 2 N–H and O–H groups in total. The van der Waals surface area contributed by atoms with E-state index in [-0.39, 0.29) is 11.1 Å². The lowest BCUT2D eigenvalue weighted by Gasteiger charge is -2.49. The van der Waals surface area contributed by atoms with Gasteiger partial charge in [0.1, 0.15) is 23.7 Å². The molecule has 1 aliphatic heterocycles. The number of rotatable bonds is 11. The molecule has 2 heterocycles. The highest BCUT2D eigenvalue weighted by Crippen LogP contribution is 2.37. The zero-order valence-electron chi connectivity index (χ0n) is 29.7. The normalized spacial score (nSPS) is 15.9. The van der Waals surface area contributed by atoms with Gasteiger partial charge in [0.05, 0.1) is 12.3 Å². The van der Waals surface area contributed by atoms with Gasteiger partial charge in [-0.15, -0.1) is 10.2 Å². The van der Waals surface area contributed by atoms with Gasteiger partial charge in [-0.1, -0.05) is 36.4 Å². The van der Waals surface area contributed by atoms with Crippen LogP contribution in [-0.2, 0) is 11.3 Å². The molecule has 0 unspecified atom stereocenters. The highest BCUT2D eigenvalue weighted by atomic mass is 16.6. The van der Waals surface area contributed by atoms with Crippen LogP contribution in [0, 0.1) is 0 Å². The minimum atomic E-state index is -0.524. The summed E-state index contributed by atoms with van der Waals surface area (Å²) in [6, 6.07) is 24.8. The molecule has 9 nitrogen and oxygen atoms in total. The third-order valence-corrected chi connectivity index (χ3v) is 8.41. The summed E-state index contributed by atoms with van der Waals surface area (Å²) in [6.07, 6.45) is 2.27. The standard InChI is InChI=1S/C39H51N5O4/c1-37(2,3)48-36(45)40-19-12-20-46-31-16-15-28-22-32(34(23-29(28)21-31)47-26-27-13-10-9-11-14-27)33-17-18-35(42-41-33)44(8)30-24-38(4,5)43-39(6,7)25-30/h9-11,13-18,21-23,30,43H,12,19-20,24-26H2,1-8H3,(H,40,45). The molecule has 5 rings (SSSR count). The van der Waals surface area contributed by atoms with Crippen LogP contribution in [-0.4, -0.2) is 59.2 Å². The first-order valence-electron chi connectivity index (χ1n) is 16.9. The molecular formula is C39H51N5O4. The van der Waals surface area contributed by atoms with Gasteiger partial charge >= 0.3 is 6.09 Å². The Labute approximate surface area is 285 Å². The number of fused-ring (bicyclic) bond motifs is 1. The van der Waals surface area contributed by atoms with E-state index in [1.807, 2.05) is 69.3 Å². The molecule has 1 saturated heterocycles. The van der Waals surface area contributed by atoms with Gasteiger partial charge in [-0.25, -0.2) is 4.79 Å². The van der Waals surface area contributed by atoms with Crippen LogP contribution in [0.15, 0.2) is 72.8 Å². The minimum Gasteiger partial charge on any atom is -0.494 e. The number of amides is 1. The fourth-order valence-corrected chi connectivity index (χ4v) is 6.55. The first-order valence-corrected chi connectivity index (χ1v) is 16.9. The molecule has 3 aromatic carbocycles. The van der Waals surface area contributed by atoms with Gasteiger partial charge in [0, 0.05) is 36.3 Å². The van der Waals surface area contributed by atoms with Crippen molar-refractivity contribution in [2.75, 3.05) is 25.1 Å². The number of carbonyl (C=O) groups is 1. The predicted molar refractivity (Wildman–Crippen MR) is 193 cm³/mol. The van der Waals surface area contributed by atoms with Crippen molar-refractivity contribution in [1.29, 1.82) is 0 Å². The highest BCUT2D eigenvalue weighted by Gasteiger charge is 2.39. The molecule has 0 radical (unpaired) electrons. The zero-order chi connectivity index (χ0) is 34.5. The predicted octanol–water partition coefficient (Wildman–Crippen LogP) is 7.91. The SMILES string of the molecule is CN(c1ccc(-c2cc3ccc(OCCCNC(=O)OC(C)(C)C)cc3cc2OCc2ccccc2)nn1)C1CC(C)(C)NC(C)(C)C1. The van der Waals surface area contributed by atoms with Gasteiger partial charge in [0.25, 0.3) is 0 Å². The summed E-state index contributed by atoms with van der Waals surface area (Å²) in [5.74, 6) is 2.33. The molecule has 48 heavy (non-hydrogen) atoms. The Morgan fingerprint density at radius 2 is 1.65 bits per heavy atom. The summed E-state index contributed by atoms with van der Waals surface area (Å²) in [7, 11) is 2.12. The van der Waals surface area contributed by atoms with Crippen LogP contribution >= 0.6 is 0 Å². The number of carbonyl (C=O) groups excluding carboxylic acids is 1. The second-order valence-electron chi connectivity index (χ2n) is 15.1. The molecule has 1 aliphatic rings. The average molecular weight is 654 g/mol. The average Bonchev–Trinajstić information content (AvgIpc) is 3.01. The van der Waals surface area contributed by atoms with E-state index in [0.717, 1.165) is 57.8 Å².